The lowest BCUT2D eigenvalue weighted by Gasteiger charge is -2.17. The molecule has 0 saturated carbocycles. The zero-order valence-electron chi connectivity index (χ0n) is 12.0. The van der Waals surface area contributed by atoms with Crippen LogP contribution < -0.4 is 16.7 Å². The molecule has 0 aliphatic carbocycles. The van der Waals surface area contributed by atoms with E-state index in [-0.39, 0.29) is 24.2 Å². The van der Waals surface area contributed by atoms with Crippen LogP contribution in [0.1, 0.15) is 20.3 Å². The minimum absolute atomic E-state index is 0. The van der Waals surface area contributed by atoms with E-state index in [1.165, 1.54) is 6.07 Å². The lowest BCUT2D eigenvalue weighted by Crippen LogP contribution is -2.40. The molecule has 2 atom stereocenters. The summed E-state index contributed by atoms with van der Waals surface area (Å²) in [5.74, 6) is -0.0930. The van der Waals surface area contributed by atoms with Gasteiger partial charge >= 0.3 is 5.63 Å². The van der Waals surface area contributed by atoms with E-state index in [0.29, 0.717) is 11.3 Å². The number of hydrogen-bond acceptors (Lipinski definition) is 4. The molecule has 3 N–H and O–H groups in total. The molecule has 0 bridgehead atoms. The highest BCUT2D eigenvalue weighted by Gasteiger charge is 2.19. The van der Waals surface area contributed by atoms with E-state index < -0.39 is 11.7 Å². The van der Waals surface area contributed by atoms with Crippen LogP contribution in [0.25, 0.3) is 11.0 Å². The molecule has 0 aliphatic rings. The fourth-order valence-electron chi connectivity index (χ4n) is 1.89. The first kappa shape index (κ1) is 17.2. The van der Waals surface area contributed by atoms with Gasteiger partial charge in [0.2, 0.25) is 5.91 Å². The van der Waals surface area contributed by atoms with Gasteiger partial charge in [0.1, 0.15) is 5.58 Å². The van der Waals surface area contributed by atoms with E-state index in [2.05, 4.69) is 5.32 Å². The van der Waals surface area contributed by atoms with E-state index in [4.69, 9.17) is 10.2 Å². The summed E-state index contributed by atoms with van der Waals surface area (Å²) in [6.45, 7) is 3.94. The van der Waals surface area contributed by atoms with Gasteiger partial charge in [-0.25, -0.2) is 4.79 Å². The second-order valence-electron chi connectivity index (χ2n) is 4.91. The molecule has 21 heavy (non-hydrogen) atoms. The fourth-order valence-corrected chi connectivity index (χ4v) is 1.89. The summed E-state index contributed by atoms with van der Waals surface area (Å²) in [4.78, 5) is 23.1. The summed E-state index contributed by atoms with van der Waals surface area (Å²) < 4.78 is 5.03. The van der Waals surface area contributed by atoms with Crippen LogP contribution in [0.15, 0.2) is 39.5 Å². The molecular weight excluding hydrogens is 292 g/mol. The Morgan fingerprint density at radius 1 is 1.33 bits per heavy atom. The Morgan fingerprint density at radius 2 is 2.05 bits per heavy atom. The molecule has 2 rings (SSSR count). The van der Waals surface area contributed by atoms with Gasteiger partial charge in [0, 0.05) is 17.1 Å². The first-order valence-electron chi connectivity index (χ1n) is 6.61. The van der Waals surface area contributed by atoms with E-state index >= 15 is 0 Å². The van der Waals surface area contributed by atoms with Gasteiger partial charge in [0.25, 0.3) is 0 Å². The van der Waals surface area contributed by atoms with Gasteiger partial charge in [0.15, 0.2) is 0 Å². The van der Waals surface area contributed by atoms with Crippen molar-refractivity contribution in [2.45, 2.75) is 26.3 Å². The molecule has 0 spiro atoms. The maximum atomic E-state index is 12.0. The van der Waals surface area contributed by atoms with Crippen molar-refractivity contribution in [1.29, 1.82) is 0 Å². The minimum Gasteiger partial charge on any atom is -0.423 e. The van der Waals surface area contributed by atoms with Crippen molar-refractivity contribution < 1.29 is 9.21 Å². The van der Waals surface area contributed by atoms with Crippen LogP contribution in [-0.4, -0.2) is 11.9 Å². The number of rotatable bonds is 4. The highest BCUT2D eigenvalue weighted by molar-refractivity contribution is 5.96. The molecule has 0 radical (unpaired) electrons. The van der Waals surface area contributed by atoms with Crippen molar-refractivity contribution >= 4 is 35.0 Å². The summed E-state index contributed by atoms with van der Waals surface area (Å²) in [5.41, 5.74) is 6.61. The zero-order chi connectivity index (χ0) is 14.7. The zero-order valence-corrected chi connectivity index (χ0v) is 12.8. The fraction of sp³-hybridized carbons (Fsp3) is 0.333. The Bertz CT molecular complexity index is 684. The number of hydrogen-bond donors (Lipinski definition) is 2. The summed E-state index contributed by atoms with van der Waals surface area (Å²) >= 11 is 0. The van der Waals surface area contributed by atoms with Crippen LogP contribution >= 0.6 is 12.4 Å². The maximum Gasteiger partial charge on any atom is 0.336 e. The van der Waals surface area contributed by atoms with Crippen molar-refractivity contribution in [3.8, 4) is 0 Å². The maximum absolute atomic E-state index is 12.0. The third-order valence-electron chi connectivity index (χ3n) is 3.45. The number of carbonyl (C=O) groups is 1. The van der Waals surface area contributed by atoms with Gasteiger partial charge in [-0.1, -0.05) is 20.3 Å². The van der Waals surface area contributed by atoms with Crippen LogP contribution in [0, 0.1) is 5.92 Å². The van der Waals surface area contributed by atoms with Crippen molar-refractivity contribution in [1.82, 2.24) is 0 Å². The number of amides is 1. The number of halogens is 1. The molecule has 114 valence electrons. The van der Waals surface area contributed by atoms with E-state index in [0.717, 1.165) is 11.8 Å². The van der Waals surface area contributed by atoms with Gasteiger partial charge < -0.3 is 15.5 Å². The van der Waals surface area contributed by atoms with Crippen LogP contribution in [0.3, 0.4) is 0 Å². The van der Waals surface area contributed by atoms with Crippen molar-refractivity contribution in [2.24, 2.45) is 11.7 Å². The molecule has 6 heteroatoms. The summed E-state index contributed by atoms with van der Waals surface area (Å²) in [6, 6.07) is 7.56. The molecule has 2 aromatic rings. The van der Waals surface area contributed by atoms with Gasteiger partial charge in [-0.05, 0) is 30.2 Å². The Balaban J connectivity index is 0.00000220. The third kappa shape index (κ3) is 4.06. The lowest BCUT2D eigenvalue weighted by atomic mass is 9.99. The molecule has 0 fully saturated rings. The normalized spacial score (nSPS) is 13.3. The highest BCUT2D eigenvalue weighted by Crippen LogP contribution is 2.18. The van der Waals surface area contributed by atoms with Gasteiger partial charge in [0.05, 0.1) is 6.04 Å². The van der Waals surface area contributed by atoms with Crippen molar-refractivity contribution in [2.75, 3.05) is 5.32 Å². The largest absolute Gasteiger partial charge is 0.423 e. The monoisotopic (exact) mass is 310 g/mol. The van der Waals surface area contributed by atoms with Crippen LogP contribution in [0.4, 0.5) is 5.69 Å². The van der Waals surface area contributed by atoms with Gasteiger partial charge in [-0.15, -0.1) is 12.4 Å². The molecule has 1 amide bonds. The average molecular weight is 311 g/mol. The van der Waals surface area contributed by atoms with Gasteiger partial charge in [-0.3, -0.25) is 4.79 Å². The van der Waals surface area contributed by atoms with Crippen LogP contribution in [-0.2, 0) is 4.79 Å². The third-order valence-corrected chi connectivity index (χ3v) is 3.45. The van der Waals surface area contributed by atoms with E-state index in [1.54, 1.807) is 24.3 Å². The van der Waals surface area contributed by atoms with Crippen LogP contribution in [0.5, 0.6) is 0 Å². The minimum atomic E-state index is -0.538. The Labute approximate surface area is 128 Å². The molecule has 2 unspecified atom stereocenters. The number of nitrogens with two attached hydrogens (primary N) is 1. The van der Waals surface area contributed by atoms with Crippen LogP contribution in [0.2, 0.25) is 0 Å². The SMILES string of the molecule is CCC(C)C(N)C(=O)Nc1ccc2oc(=O)ccc2c1.Cl. The van der Waals surface area contributed by atoms with E-state index in [1.807, 2.05) is 13.8 Å². The standard InChI is InChI=1S/C15H18N2O3.ClH/c1-3-9(2)14(16)15(19)17-11-5-6-12-10(8-11)4-7-13(18)20-12;/h4-9,14H,3,16H2,1-2H3,(H,17,19);1H. The molecule has 1 aromatic heterocycles. The van der Waals surface area contributed by atoms with Crippen molar-refractivity contribution in [3.63, 3.8) is 0 Å². The summed E-state index contributed by atoms with van der Waals surface area (Å²) in [7, 11) is 0. The Hall–Kier alpha value is -1.85. The van der Waals surface area contributed by atoms with Crippen molar-refractivity contribution in [3.05, 3.63) is 40.8 Å². The first-order chi connectivity index (χ1) is 9.51. The Morgan fingerprint density at radius 3 is 2.71 bits per heavy atom. The average Bonchev–Trinajstić information content (AvgIpc) is 2.45. The second-order valence-corrected chi connectivity index (χ2v) is 4.91. The van der Waals surface area contributed by atoms with E-state index in [9.17, 15) is 9.59 Å². The topological polar surface area (TPSA) is 85.3 Å². The number of nitrogens with one attached hydrogen (secondary N) is 1. The number of anilines is 1. The molecule has 1 heterocycles. The smallest absolute Gasteiger partial charge is 0.336 e. The highest BCUT2D eigenvalue weighted by atomic mass is 35.5. The first-order valence-corrected chi connectivity index (χ1v) is 6.61. The predicted octanol–water partition coefficient (Wildman–Crippen LogP) is 2.53. The number of carbonyl (C=O) groups excluding carboxylic acids is 1. The molecular formula is C15H19ClN2O3. The number of benzene rings is 1. The molecule has 5 nitrogen and oxygen atoms in total. The number of fused-ring (bicyclic) bond motifs is 1. The second kappa shape index (κ2) is 7.24. The molecule has 1 aromatic carbocycles. The quantitative estimate of drug-likeness (QED) is 0.850. The predicted molar refractivity (Wildman–Crippen MR) is 85.8 cm³/mol. The summed E-state index contributed by atoms with van der Waals surface area (Å²) in [6.07, 6.45) is 0.845. The lowest BCUT2D eigenvalue weighted by molar-refractivity contribution is -0.118. The summed E-state index contributed by atoms with van der Waals surface area (Å²) in [5, 5.41) is 3.53. The Kier molecular flexibility index (Phi) is 5.93. The molecule has 0 aliphatic heterocycles. The molecule has 0 saturated heterocycles. The van der Waals surface area contributed by atoms with Gasteiger partial charge in [-0.2, -0.15) is 0 Å².